The number of piperazine rings is 1. The number of nitrogens with one attached hydrogen (secondary N) is 3. The van der Waals surface area contributed by atoms with Crippen LogP contribution in [0.1, 0.15) is 21.7 Å². The smallest absolute Gasteiger partial charge is 0.350 e. The highest BCUT2D eigenvalue weighted by Gasteiger charge is 2.36. The van der Waals surface area contributed by atoms with E-state index in [2.05, 4.69) is 15.4 Å². The Morgan fingerprint density at radius 3 is 2.58 bits per heavy atom. The summed E-state index contributed by atoms with van der Waals surface area (Å²) in [4.78, 5) is 50.6. The Balaban J connectivity index is 1.72. The largest absolute Gasteiger partial charge is 0.465 e. The number of amides is 4. The Hall–Kier alpha value is -3.45. The Labute approximate surface area is 194 Å². The van der Waals surface area contributed by atoms with Gasteiger partial charge in [0.15, 0.2) is 0 Å². The lowest BCUT2D eigenvalue weighted by Crippen LogP contribution is -2.60. The number of methoxy groups -OCH3 is 1. The van der Waals surface area contributed by atoms with Crippen molar-refractivity contribution in [3.05, 3.63) is 46.2 Å². The summed E-state index contributed by atoms with van der Waals surface area (Å²) in [6.07, 6.45) is -0.444. The fourth-order valence-electron chi connectivity index (χ4n) is 3.15. The van der Waals surface area contributed by atoms with Gasteiger partial charge in [-0.25, -0.2) is 22.7 Å². The monoisotopic (exact) mass is 494 g/mol. The second-order valence-electron chi connectivity index (χ2n) is 7.13. The normalized spacial score (nSPS) is 16.0. The van der Waals surface area contributed by atoms with E-state index in [1.54, 1.807) is 24.4 Å². The van der Waals surface area contributed by atoms with Gasteiger partial charge in [0.05, 0.1) is 24.1 Å². The van der Waals surface area contributed by atoms with Crippen molar-refractivity contribution in [2.75, 3.05) is 25.5 Å². The Morgan fingerprint density at radius 2 is 1.91 bits per heavy atom. The maximum atomic E-state index is 12.8. The standard InChI is InChI=1S/C20H22N4O7S2/c1-12-3-5-13(6-4-12)33(29,30)23-20(28)24-9-8-21-18(26)15(24)11-16(25)22-14-7-10-32-17(14)19(27)31-2/h3-7,10,15H,8-9,11H2,1-2H3,(H,21,26)(H,22,25)(H,23,28)/t15-/m0/s1. The number of aryl methyl sites for hydroxylation is 1. The summed E-state index contributed by atoms with van der Waals surface area (Å²) in [6.45, 7) is 1.90. The molecule has 0 saturated carbocycles. The molecule has 1 aliphatic heterocycles. The number of hydrogen-bond donors (Lipinski definition) is 3. The van der Waals surface area contributed by atoms with Gasteiger partial charge in [-0.15, -0.1) is 11.3 Å². The van der Waals surface area contributed by atoms with Gasteiger partial charge in [-0.05, 0) is 30.5 Å². The fourth-order valence-corrected chi connectivity index (χ4v) is 4.87. The fraction of sp³-hybridized carbons (Fsp3) is 0.300. The predicted octanol–water partition coefficient (Wildman–Crippen LogP) is 1.07. The highest BCUT2D eigenvalue weighted by atomic mass is 32.2. The molecule has 3 rings (SSSR count). The summed E-state index contributed by atoms with van der Waals surface area (Å²) in [7, 11) is -2.97. The minimum atomic E-state index is -4.18. The number of rotatable bonds is 6. The van der Waals surface area contributed by atoms with E-state index in [1.165, 1.54) is 25.3 Å². The van der Waals surface area contributed by atoms with E-state index in [0.29, 0.717) is 0 Å². The van der Waals surface area contributed by atoms with E-state index in [4.69, 9.17) is 0 Å². The van der Waals surface area contributed by atoms with Gasteiger partial charge < -0.3 is 20.3 Å². The molecular weight excluding hydrogens is 472 g/mol. The van der Waals surface area contributed by atoms with Crippen LogP contribution in [0.5, 0.6) is 0 Å². The molecule has 33 heavy (non-hydrogen) atoms. The predicted molar refractivity (Wildman–Crippen MR) is 119 cm³/mol. The van der Waals surface area contributed by atoms with Crippen molar-refractivity contribution in [1.82, 2.24) is 14.9 Å². The summed E-state index contributed by atoms with van der Waals surface area (Å²) in [5, 5.41) is 6.67. The van der Waals surface area contributed by atoms with Crippen molar-refractivity contribution in [2.24, 2.45) is 0 Å². The molecule has 1 fully saturated rings. The van der Waals surface area contributed by atoms with Crippen LogP contribution in [0, 0.1) is 6.92 Å². The SMILES string of the molecule is COC(=O)c1sccc1NC(=O)C[C@H]1C(=O)NCCN1C(=O)NS(=O)(=O)c1ccc(C)cc1. The number of benzene rings is 1. The van der Waals surface area contributed by atoms with Crippen LogP contribution >= 0.6 is 11.3 Å². The lowest BCUT2D eigenvalue weighted by Gasteiger charge is -2.34. The molecule has 13 heteroatoms. The van der Waals surface area contributed by atoms with Crippen LogP contribution in [0.4, 0.5) is 10.5 Å². The lowest BCUT2D eigenvalue weighted by molar-refractivity contribution is -0.130. The second-order valence-corrected chi connectivity index (χ2v) is 9.73. The number of carbonyl (C=O) groups is 4. The second kappa shape index (κ2) is 10.0. The third kappa shape index (κ3) is 5.68. The first-order chi connectivity index (χ1) is 15.6. The third-order valence-electron chi connectivity index (χ3n) is 4.83. The summed E-state index contributed by atoms with van der Waals surface area (Å²) >= 11 is 1.07. The number of anilines is 1. The molecule has 0 aliphatic carbocycles. The molecule has 1 aromatic heterocycles. The minimum absolute atomic E-state index is 0.00476. The first-order valence-corrected chi connectivity index (χ1v) is 12.1. The highest BCUT2D eigenvalue weighted by Crippen LogP contribution is 2.24. The van der Waals surface area contributed by atoms with Gasteiger partial charge in [0.1, 0.15) is 10.9 Å². The molecule has 2 aromatic rings. The molecule has 1 aromatic carbocycles. The zero-order valence-corrected chi connectivity index (χ0v) is 19.4. The van der Waals surface area contributed by atoms with Crippen LogP contribution in [0.25, 0.3) is 0 Å². The number of thiophene rings is 1. The van der Waals surface area contributed by atoms with Crippen molar-refractivity contribution in [2.45, 2.75) is 24.3 Å². The Bertz CT molecular complexity index is 1180. The molecule has 1 saturated heterocycles. The van der Waals surface area contributed by atoms with Gasteiger partial charge in [-0.3, -0.25) is 9.59 Å². The van der Waals surface area contributed by atoms with E-state index >= 15 is 0 Å². The van der Waals surface area contributed by atoms with Gasteiger partial charge in [-0.2, -0.15) is 0 Å². The summed E-state index contributed by atoms with van der Waals surface area (Å²) in [5.41, 5.74) is 1.06. The Kier molecular flexibility index (Phi) is 7.33. The molecule has 176 valence electrons. The van der Waals surface area contributed by atoms with Crippen LogP contribution in [0.3, 0.4) is 0 Å². The molecule has 1 atom stereocenters. The summed E-state index contributed by atoms with van der Waals surface area (Å²) in [5.74, 6) is -1.87. The average Bonchev–Trinajstić information content (AvgIpc) is 3.22. The molecule has 3 N–H and O–H groups in total. The van der Waals surface area contributed by atoms with E-state index in [9.17, 15) is 27.6 Å². The zero-order chi connectivity index (χ0) is 24.2. The maximum Gasteiger partial charge on any atom is 0.350 e. The van der Waals surface area contributed by atoms with Gasteiger partial charge in [0.2, 0.25) is 11.8 Å². The number of sulfonamides is 1. The summed E-state index contributed by atoms with van der Waals surface area (Å²) in [6, 6.07) is 5.15. The van der Waals surface area contributed by atoms with E-state index in [0.717, 1.165) is 21.8 Å². The van der Waals surface area contributed by atoms with Crippen molar-refractivity contribution in [1.29, 1.82) is 0 Å². The van der Waals surface area contributed by atoms with Gasteiger partial charge in [-0.1, -0.05) is 17.7 Å². The quantitative estimate of drug-likeness (QED) is 0.508. The van der Waals surface area contributed by atoms with Crippen LogP contribution in [-0.2, 0) is 24.3 Å². The average molecular weight is 495 g/mol. The molecule has 0 unspecified atom stereocenters. The molecule has 4 amide bonds. The number of carbonyl (C=O) groups excluding carboxylic acids is 4. The number of urea groups is 1. The number of hydrogen-bond acceptors (Lipinski definition) is 8. The number of nitrogens with zero attached hydrogens (tertiary/aromatic N) is 1. The molecule has 1 aliphatic rings. The first kappa shape index (κ1) is 24.2. The topological polar surface area (TPSA) is 151 Å². The molecule has 0 bridgehead atoms. The van der Waals surface area contributed by atoms with E-state index in [-0.39, 0.29) is 28.5 Å². The molecule has 0 spiro atoms. The molecular formula is C20H22N4O7S2. The number of esters is 1. The van der Waals surface area contributed by atoms with Crippen LogP contribution in [0.2, 0.25) is 0 Å². The molecule has 2 heterocycles. The van der Waals surface area contributed by atoms with Gasteiger partial charge >= 0.3 is 12.0 Å². The van der Waals surface area contributed by atoms with Crippen molar-refractivity contribution in [3.63, 3.8) is 0 Å². The van der Waals surface area contributed by atoms with Crippen molar-refractivity contribution in [3.8, 4) is 0 Å². The third-order valence-corrected chi connectivity index (χ3v) is 7.06. The molecule has 11 nitrogen and oxygen atoms in total. The minimum Gasteiger partial charge on any atom is -0.465 e. The maximum absolute atomic E-state index is 12.8. The van der Waals surface area contributed by atoms with Crippen LogP contribution < -0.4 is 15.4 Å². The van der Waals surface area contributed by atoms with Crippen molar-refractivity contribution < 1.29 is 32.3 Å². The van der Waals surface area contributed by atoms with E-state index < -0.39 is 46.3 Å². The highest BCUT2D eigenvalue weighted by molar-refractivity contribution is 7.90. The van der Waals surface area contributed by atoms with Crippen LogP contribution in [0.15, 0.2) is 40.6 Å². The Morgan fingerprint density at radius 1 is 1.21 bits per heavy atom. The lowest BCUT2D eigenvalue weighted by atomic mass is 10.1. The number of ether oxygens (including phenoxy) is 1. The van der Waals surface area contributed by atoms with Gasteiger partial charge in [0.25, 0.3) is 10.0 Å². The van der Waals surface area contributed by atoms with Crippen molar-refractivity contribution >= 4 is 50.9 Å². The summed E-state index contributed by atoms with van der Waals surface area (Å²) < 4.78 is 31.7. The first-order valence-electron chi connectivity index (χ1n) is 9.76. The van der Waals surface area contributed by atoms with Crippen LogP contribution in [-0.4, -0.2) is 63.4 Å². The van der Waals surface area contributed by atoms with Gasteiger partial charge in [0, 0.05) is 13.1 Å². The zero-order valence-electron chi connectivity index (χ0n) is 17.8. The molecule has 0 radical (unpaired) electrons. The van der Waals surface area contributed by atoms with E-state index in [1.807, 2.05) is 4.72 Å².